The molecular formula is C12H17NO3. The fourth-order valence-electron chi connectivity index (χ4n) is 1.69. The highest BCUT2D eigenvalue weighted by Crippen LogP contribution is 2.27. The number of rotatable bonds is 3. The summed E-state index contributed by atoms with van der Waals surface area (Å²) >= 11 is 0. The van der Waals surface area contributed by atoms with Crippen molar-refractivity contribution in [1.82, 2.24) is 0 Å². The molecule has 0 radical (unpaired) electrons. The number of carbonyl (C=O) groups is 1. The molecule has 0 fully saturated rings. The highest BCUT2D eigenvalue weighted by atomic mass is 16.4. The first-order valence-electron chi connectivity index (χ1n) is 5.11. The van der Waals surface area contributed by atoms with Crippen LogP contribution in [0.3, 0.4) is 0 Å². The van der Waals surface area contributed by atoms with Crippen LogP contribution in [0.1, 0.15) is 22.3 Å². The molecule has 0 aliphatic rings. The normalized spacial score (nSPS) is 12.5. The smallest absolute Gasteiger partial charge is 0.320 e. The van der Waals surface area contributed by atoms with Crippen molar-refractivity contribution in [1.29, 1.82) is 0 Å². The number of hydrogen-bond donors (Lipinski definition) is 3. The highest BCUT2D eigenvalue weighted by Gasteiger charge is 2.16. The number of aryl methyl sites for hydroxylation is 1. The van der Waals surface area contributed by atoms with E-state index in [9.17, 15) is 9.90 Å². The number of hydrogen-bond acceptors (Lipinski definition) is 3. The van der Waals surface area contributed by atoms with Gasteiger partial charge < -0.3 is 15.9 Å². The predicted octanol–water partition coefficient (Wildman–Crippen LogP) is 1.27. The maximum absolute atomic E-state index is 10.7. The van der Waals surface area contributed by atoms with Crippen LogP contribution in [0.5, 0.6) is 5.75 Å². The second kappa shape index (κ2) is 4.53. The van der Waals surface area contributed by atoms with Crippen LogP contribution in [0.15, 0.2) is 6.07 Å². The number of phenols is 1. The Morgan fingerprint density at radius 1 is 1.38 bits per heavy atom. The van der Waals surface area contributed by atoms with Gasteiger partial charge in [0.25, 0.3) is 0 Å². The van der Waals surface area contributed by atoms with Gasteiger partial charge in [-0.1, -0.05) is 6.07 Å². The molecule has 0 spiro atoms. The maximum atomic E-state index is 10.7. The first-order chi connectivity index (χ1) is 7.34. The molecule has 16 heavy (non-hydrogen) atoms. The largest absolute Gasteiger partial charge is 0.507 e. The number of nitrogens with two attached hydrogens (primary N) is 1. The third-order valence-corrected chi connectivity index (χ3v) is 2.92. The first-order valence-corrected chi connectivity index (χ1v) is 5.11. The Morgan fingerprint density at radius 2 is 1.94 bits per heavy atom. The molecule has 0 amide bonds. The Bertz CT molecular complexity index is 427. The summed E-state index contributed by atoms with van der Waals surface area (Å²) in [6.45, 7) is 5.46. The van der Waals surface area contributed by atoms with Crippen LogP contribution in [-0.2, 0) is 11.2 Å². The summed E-state index contributed by atoms with van der Waals surface area (Å²) in [6.07, 6.45) is 0.281. The fraction of sp³-hybridized carbons (Fsp3) is 0.417. The van der Waals surface area contributed by atoms with E-state index in [0.717, 1.165) is 22.3 Å². The van der Waals surface area contributed by atoms with Crippen LogP contribution in [0.4, 0.5) is 0 Å². The van der Waals surface area contributed by atoms with Gasteiger partial charge >= 0.3 is 5.97 Å². The Kier molecular flexibility index (Phi) is 3.55. The van der Waals surface area contributed by atoms with E-state index in [0.29, 0.717) is 0 Å². The number of carboxylic acid groups (broad SMARTS) is 1. The maximum Gasteiger partial charge on any atom is 0.320 e. The Hall–Kier alpha value is -1.55. The lowest BCUT2D eigenvalue weighted by molar-refractivity contribution is -0.138. The minimum Gasteiger partial charge on any atom is -0.507 e. The van der Waals surface area contributed by atoms with Crippen molar-refractivity contribution >= 4 is 5.97 Å². The minimum atomic E-state index is -1.01. The SMILES string of the molecule is Cc1cc(CC(N)C(=O)O)c(C)c(C)c1O. The van der Waals surface area contributed by atoms with E-state index in [2.05, 4.69) is 0 Å². The van der Waals surface area contributed by atoms with E-state index in [1.165, 1.54) is 0 Å². The van der Waals surface area contributed by atoms with Crippen molar-refractivity contribution in [2.75, 3.05) is 0 Å². The molecule has 1 atom stereocenters. The second-order valence-corrected chi connectivity index (χ2v) is 4.10. The van der Waals surface area contributed by atoms with E-state index < -0.39 is 12.0 Å². The topological polar surface area (TPSA) is 83.6 Å². The standard InChI is InChI=1S/C12H17NO3/c1-6-4-9(5-10(13)12(15)16)7(2)8(3)11(6)14/h4,10,14H,5,13H2,1-3H3,(H,15,16). The van der Waals surface area contributed by atoms with Gasteiger partial charge in [0.1, 0.15) is 11.8 Å². The average molecular weight is 223 g/mol. The third kappa shape index (κ3) is 2.33. The van der Waals surface area contributed by atoms with Gasteiger partial charge in [-0.25, -0.2) is 0 Å². The summed E-state index contributed by atoms with van der Waals surface area (Å²) < 4.78 is 0. The van der Waals surface area contributed by atoms with E-state index >= 15 is 0 Å². The third-order valence-electron chi connectivity index (χ3n) is 2.92. The summed E-state index contributed by atoms with van der Waals surface area (Å²) in [6, 6.07) is 0.891. The van der Waals surface area contributed by atoms with Gasteiger partial charge in [-0.3, -0.25) is 4.79 Å². The molecule has 4 N–H and O–H groups in total. The van der Waals surface area contributed by atoms with Gasteiger partial charge in [0, 0.05) is 0 Å². The van der Waals surface area contributed by atoms with Crippen molar-refractivity contribution in [2.24, 2.45) is 5.73 Å². The molecule has 0 aliphatic heterocycles. The number of phenolic OH excluding ortho intramolecular Hbond substituents is 1. The number of benzene rings is 1. The van der Waals surface area contributed by atoms with Gasteiger partial charge in [0.05, 0.1) is 0 Å². The van der Waals surface area contributed by atoms with E-state index in [1.54, 1.807) is 13.0 Å². The Morgan fingerprint density at radius 3 is 2.44 bits per heavy atom. The lowest BCUT2D eigenvalue weighted by Crippen LogP contribution is -2.32. The molecule has 0 aromatic heterocycles. The summed E-state index contributed by atoms with van der Waals surface area (Å²) in [4.78, 5) is 10.7. The van der Waals surface area contributed by atoms with Gasteiger partial charge in [-0.05, 0) is 49.4 Å². The van der Waals surface area contributed by atoms with Crippen LogP contribution >= 0.6 is 0 Å². The van der Waals surface area contributed by atoms with Crippen molar-refractivity contribution in [3.63, 3.8) is 0 Å². The molecule has 0 saturated heterocycles. The zero-order chi connectivity index (χ0) is 12.5. The van der Waals surface area contributed by atoms with Crippen molar-refractivity contribution in [2.45, 2.75) is 33.2 Å². The molecule has 0 aliphatic carbocycles. The van der Waals surface area contributed by atoms with Crippen molar-refractivity contribution < 1.29 is 15.0 Å². The van der Waals surface area contributed by atoms with Crippen molar-refractivity contribution in [3.8, 4) is 5.75 Å². The van der Waals surface area contributed by atoms with E-state index in [1.807, 2.05) is 13.8 Å². The lowest BCUT2D eigenvalue weighted by Gasteiger charge is -2.14. The van der Waals surface area contributed by atoms with Crippen LogP contribution in [0, 0.1) is 20.8 Å². The fourth-order valence-corrected chi connectivity index (χ4v) is 1.69. The van der Waals surface area contributed by atoms with Crippen LogP contribution in [0.2, 0.25) is 0 Å². The zero-order valence-electron chi connectivity index (χ0n) is 9.74. The molecular weight excluding hydrogens is 206 g/mol. The van der Waals surface area contributed by atoms with Gasteiger partial charge in [-0.15, -0.1) is 0 Å². The number of carboxylic acids is 1. The number of aromatic hydroxyl groups is 1. The average Bonchev–Trinajstić information content (AvgIpc) is 2.22. The highest BCUT2D eigenvalue weighted by molar-refractivity contribution is 5.73. The molecule has 4 nitrogen and oxygen atoms in total. The van der Waals surface area contributed by atoms with Crippen molar-refractivity contribution in [3.05, 3.63) is 28.3 Å². The summed E-state index contributed by atoms with van der Waals surface area (Å²) in [5.74, 6) is -0.743. The summed E-state index contributed by atoms with van der Waals surface area (Å²) in [5, 5.41) is 18.5. The monoisotopic (exact) mass is 223 g/mol. The van der Waals surface area contributed by atoms with E-state index in [-0.39, 0.29) is 12.2 Å². The second-order valence-electron chi connectivity index (χ2n) is 4.10. The molecule has 0 saturated carbocycles. The minimum absolute atomic E-state index is 0.269. The van der Waals surface area contributed by atoms with Crippen LogP contribution in [-0.4, -0.2) is 22.2 Å². The first kappa shape index (κ1) is 12.5. The Balaban J connectivity index is 3.11. The molecule has 1 unspecified atom stereocenters. The van der Waals surface area contributed by atoms with Crippen LogP contribution in [0.25, 0.3) is 0 Å². The molecule has 0 heterocycles. The van der Waals surface area contributed by atoms with Gasteiger partial charge in [0.15, 0.2) is 0 Å². The quantitative estimate of drug-likeness (QED) is 0.720. The molecule has 88 valence electrons. The molecule has 4 heteroatoms. The van der Waals surface area contributed by atoms with Gasteiger partial charge in [0.2, 0.25) is 0 Å². The molecule has 1 rings (SSSR count). The predicted molar refractivity (Wildman–Crippen MR) is 61.6 cm³/mol. The van der Waals surface area contributed by atoms with Gasteiger partial charge in [-0.2, -0.15) is 0 Å². The van der Waals surface area contributed by atoms with E-state index in [4.69, 9.17) is 10.8 Å². The lowest BCUT2D eigenvalue weighted by atomic mass is 9.94. The Labute approximate surface area is 94.7 Å². The molecule has 1 aromatic carbocycles. The van der Waals surface area contributed by atoms with Crippen LogP contribution < -0.4 is 5.73 Å². The molecule has 1 aromatic rings. The summed E-state index contributed by atoms with van der Waals surface area (Å²) in [5.41, 5.74) is 8.80. The summed E-state index contributed by atoms with van der Waals surface area (Å²) in [7, 11) is 0. The zero-order valence-corrected chi connectivity index (χ0v) is 9.74. The number of aliphatic carboxylic acids is 1. The molecule has 0 bridgehead atoms.